The first kappa shape index (κ1) is 16.2. The molecule has 0 radical (unpaired) electrons. The molecule has 4 heteroatoms. The minimum atomic E-state index is -0.833. The zero-order valence-corrected chi connectivity index (χ0v) is 6.80. The van der Waals surface area contributed by atoms with Gasteiger partial charge in [0, 0.05) is 6.92 Å². The number of carboxylic acids is 1. The number of hydrogen-bond acceptors (Lipinski definition) is 2. The smallest absolute Gasteiger partial charge is 0.300 e. The Kier molecular flexibility index (Phi) is 10.5. The normalized spacial score (nSPS) is 8.50. The van der Waals surface area contributed by atoms with Crippen molar-refractivity contribution in [1.82, 2.24) is 0 Å². The van der Waals surface area contributed by atoms with Crippen molar-refractivity contribution in [3.63, 3.8) is 0 Å². The van der Waals surface area contributed by atoms with Gasteiger partial charge in [-0.15, -0.1) is 0 Å². The predicted octanol–water partition coefficient (Wildman–Crippen LogP) is 0.0434. The lowest BCUT2D eigenvalue weighted by Gasteiger charge is -2.04. The van der Waals surface area contributed by atoms with E-state index in [0.717, 1.165) is 6.92 Å². The third-order valence-corrected chi connectivity index (χ3v) is 0. The van der Waals surface area contributed by atoms with Crippen LogP contribution in [0.3, 0.4) is 0 Å². The van der Waals surface area contributed by atoms with Crippen LogP contribution >= 0.6 is 0 Å². The average molecular weight is 152 g/mol. The van der Waals surface area contributed by atoms with Crippen LogP contribution in [0.15, 0.2) is 0 Å². The van der Waals surface area contributed by atoms with Crippen molar-refractivity contribution in [3.05, 3.63) is 0 Å². The third-order valence-electron chi connectivity index (χ3n) is 0. The van der Waals surface area contributed by atoms with Gasteiger partial charge in [0.15, 0.2) is 0 Å². The summed E-state index contributed by atoms with van der Waals surface area (Å²) in [5, 5.41) is 15.9. The molecule has 0 unspecified atom stereocenters. The summed E-state index contributed by atoms with van der Waals surface area (Å²) in [5.41, 5.74) is -0.500. The van der Waals surface area contributed by atoms with Crippen LogP contribution in [0.2, 0.25) is 0 Å². The van der Waals surface area contributed by atoms with Gasteiger partial charge in [0.25, 0.3) is 5.97 Å². The van der Waals surface area contributed by atoms with Crippen LogP contribution in [-0.4, -0.2) is 27.3 Å². The van der Waals surface area contributed by atoms with E-state index in [1.807, 2.05) is 0 Å². The largest absolute Gasteiger partial charge is 0.481 e. The Morgan fingerprint density at radius 3 is 1.30 bits per heavy atom. The van der Waals surface area contributed by atoms with Crippen molar-refractivity contribution in [2.75, 3.05) is 0 Å². The van der Waals surface area contributed by atoms with Crippen LogP contribution in [0, 0.1) is 0 Å². The highest BCUT2D eigenvalue weighted by Gasteiger charge is 1.97. The monoisotopic (exact) mass is 152 g/mol. The second-order valence-corrected chi connectivity index (χ2v) is 2.69. The number of aliphatic hydroxyl groups is 1. The molecule has 0 aliphatic carbocycles. The molecule has 0 aliphatic rings. The van der Waals surface area contributed by atoms with Crippen LogP contribution < -0.4 is 0 Å². The molecule has 0 fully saturated rings. The van der Waals surface area contributed by atoms with E-state index in [4.69, 9.17) is 15.0 Å². The molecule has 0 spiro atoms. The minimum absolute atomic E-state index is 0. The Balaban J connectivity index is -0.0000000910. The molecule has 0 rings (SSSR count). The van der Waals surface area contributed by atoms with E-state index in [9.17, 15) is 0 Å². The van der Waals surface area contributed by atoms with Crippen molar-refractivity contribution in [2.24, 2.45) is 0 Å². The summed E-state index contributed by atoms with van der Waals surface area (Å²) in [4.78, 5) is 9.00. The lowest BCUT2D eigenvalue weighted by atomic mass is 10.2. The highest BCUT2D eigenvalue weighted by molar-refractivity contribution is 5.62. The van der Waals surface area contributed by atoms with Crippen LogP contribution in [0.4, 0.5) is 0 Å². The van der Waals surface area contributed by atoms with Gasteiger partial charge in [0.2, 0.25) is 0 Å². The maximum absolute atomic E-state index is 9.00. The fraction of sp³-hybridized carbons (Fsp3) is 0.833. The van der Waals surface area contributed by atoms with Crippen LogP contribution in [-0.2, 0) is 4.79 Å². The fourth-order valence-corrected chi connectivity index (χ4v) is 0. The predicted molar refractivity (Wildman–Crippen MR) is 38.9 cm³/mol. The van der Waals surface area contributed by atoms with Gasteiger partial charge in [0.1, 0.15) is 0 Å². The topological polar surface area (TPSA) is 89.0 Å². The van der Waals surface area contributed by atoms with Gasteiger partial charge in [-0.2, -0.15) is 0 Å². The third kappa shape index (κ3) is 811. The molecule has 0 amide bonds. The summed E-state index contributed by atoms with van der Waals surface area (Å²) in [6.45, 7) is 6.31. The molecule has 4 nitrogen and oxygen atoms in total. The second kappa shape index (κ2) is 6.51. The summed E-state index contributed by atoms with van der Waals surface area (Å²) in [6.07, 6.45) is 0. The van der Waals surface area contributed by atoms with Crippen molar-refractivity contribution >= 4 is 5.97 Å². The summed E-state index contributed by atoms with van der Waals surface area (Å²) in [5.74, 6) is -0.833. The van der Waals surface area contributed by atoms with Crippen LogP contribution in [0.1, 0.15) is 27.7 Å². The highest BCUT2D eigenvalue weighted by Crippen LogP contribution is 1.93. The van der Waals surface area contributed by atoms with E-state index in [0.29, 0.717) is 0 Å². The SMILES string of the molecule is CC(=O)O.CC(C)(C)O.O. The average Bonchev–Trinajstić information content (AvgIpc) is 1.19. The first-order chi connectivity index (χ1) is 3.73. The van der Waals surface area contributed by atoms with Gasteiger partial charge < -0.3 is 15.7 Å². The van der Waals surface area contributed by atoms with Crippen LogP contribution in [0.5, 0.6) is 0 Å². The molecule has 0 aromatic rings. The number of hydrogen-bond donors (Lipinski definition) is 2. The fourth-order valence-electron chi connectivity index (χ4n) is 0. The van der Waals surface area contributed by atoms with Gasteiger partial charge in [-0.25, -0.2) is 0 Å². The van der Waals surface area contributed by atoms with E-state index < -0.39 is 11.6 Å². The summed E-state index contributed by atoms with van der Waals surface area (Å²) in [6, 6.07) is 0. The molecule has 4 N–H and O–H groups in total. The Labute approximate surface area is 60.8 Å². The molecule has 0 aromatic heterocycles. The molecule has 0 bridgehead atoms. The summed E-state index contributed by atoms with van der Waals surface area (Å²) < 4.78 is 0. The highest BCUT2D eigenvalue weighted by atomic mass is 16.4. The van der Waals surface area contributed by atoms with Gasteiger partial charge in [-0.1, -0.05) is 0 Å². The van der Waals surface area contributed by atoms with Crippen molar-refractivity contribution in [1.29, 1.82) is 0 Å². The molecular formula is C6H16O4. The Hall–Kier alpha value is -0.610. The zero-order valence-electron chi connectivity index (χ0n) is 6.80. The maximum Gasteiger partial charge on any atom is 0.300 e. The molecule has 10 heavy (non-hydrogen) atoms. The quantitative estimate of drug-likeness (QED) is 0.513. The van der Waals surface area contributed by atoms with Gasteiger partial charge in [0.05, 0.1) is 5.60 Å². The molecule has 0 atom stereocenters. The van der Waals surface area contributed by atoms with Crippen LogP contribution in [0.25, 0.3) is 0 Å². The Morgan fingerprint density at radius 1 is 1.30 bits per heavy atom. The molecular weight excluding hydrogens is 136 g/mol. The van der Waals surface area contributed by atoms with Crippen molar-refractivity contribution in [2.45, 2.75) is 33.3 Å². The van der Waals surface area contributed by atoms with Crippen molar-refractivity contribution in [3.8, 4) is 0 Å². The number of carboxylic acid groups (broad SMARTS) is 1. The van der Waals surface area contributed by atoms with E-state index in [1.165, 1.54) is 0 Å². The zero-order chi connectivity index (χ0) is 8.08. The lowest BCUT2D eigenvalue weighted by molar-refractivity contribution is -0.134. The van der Waals surface area contributed by atoms with Gasteiger partial charge >= 0.3 is 0 Å². The van der Waals surface area contributed by atoms with E-state index in [-0.39, 0.29) is 5.48 Å². The standard InChI is InChI=1S/C4H10O.C2H4O2.H2O/c1-4(2,3)5;1-2(3)4;/h5H,1-3H3;1H3,(H,3,4);1H2. The molecule has 0 heterocycles. The Bertz CT molecular complexity index is 72.2. The summed E-state index contributed by atoms with van der Waals surface area (Å²) >= 11 is 0. The number of aliphatic carboxylic acids is 1. The molecule has 0 aromatic carbocycles. The second-order valence-electron chi connectivity index (χ2n) is 2.69. The van der Waals surface area contributed by atoms with E-state index in [2.05, 4.69) is 0 Å². The van der Waals surface area contributed by atoms with E-state index >= 15 is 0 Å². The molecule has 64 valence electrons. The first-order valence-corrected chi connectivity index (χ1v) is 2.65. The van der Waals surface area contributed by atoms with Gasteiger partial charge in [-0.05, 0) is 20.8 Å². The molecule has 0 saturated carbocycles. The minimum Gasteiger partial charge on any atom is -0.481 e. The lowest BCUT2D eigenvalue weighted by Crippen LogP contribution is -2.10. The van der Waals surface area contributed by atoms with Crippen molar-refractivity contribution < 1.29 is 20.5 Å². The molecule has 0 saturated heterocycles. The number of rotatable bonds is 0. The number of carbonyl (C=O) groups is 1. The maximum atomic E-state index is 9.00. The van der Waals surface area contributed by atoms with E-state index in [1.54, 1.807) is 20.8 Å². The van der Waals surface area contributed by atoms with Gasteiger partial charge in [-0.3, -0.25) is 4.79 Å². The summed E-state index contributed by atoms with van der Waals surface area (Å²) in [7, 11) is 0. The molecule has 0 aliphatic heterocycles. The Morgan fingerprint density at radius 2 is 1.30 bits per heavy atom. The first-order valence-electron chi connectivity index (χ1n) is 2.65.